The summed E-state index contributed by atoms with van der Waals surface area (Å²) in [6, 6.07) is 5.78. The second-order valence-corrected chi connectivity index (χ2v) is 10.8. The molecule has 11 nitrogen and oxygen atoms in total. The van der Waals surface area contributed by atoms with Crippen LogP contribution in [0.1, 0.15) is 70.4 Å². The van der Waals surface area contributed by atoms with E-state index in [9.17, 15) is 10.1 Å². The number of hydrazone groups is 1. The summed E-state index contributed by atoms with van der Waals surface area (Å²) in [6.45, 7) is 10.5. The zero-order valence-electron chi connectivity index (χ0n) is 22.2. The molecule has 1 aliphatic heterocycles. The van der Waals surface area contributed by atoms with Crippen LogP contribution in [-0.4, -0.2) is 60.9 Å². The van der Waals surface area contributed by atoms with Gasteiger partial charge in [0.25, 0.3) is 0 Å². The van der Waals surface area contributed by atoms with Crippen molar-refractivity contribution in [3.63, 3.8) is 0 Å². The first-order valence-electron chi connectivity index (χ1n) is 12.4. The molecule has 1 aliphatic rings. The lowest BCUT2D eigenvalue weighted by atomic mass is 10.0. The predicted octanol–water partition coefficient (Wildman–Crippen LogP) is 4.33. The van der Waals surface area contributed by atoms with Gasteiger partial charge >= 0.3 is 6.09 Å². The van der Waals surface area contributed by atoms with Gasteiger partial charge in [-0.05, 0) is 65.1 Å². The Morgan fingerprint density at radius 1 is 1.29 bits per heavy atom. The molecule has 1 fully saturated rings. The number of imidazole rings is 1. The Balaban J connectivity index is 1.56. The zero-order chi connectivity index (χ0) is 27.4. The Bertz CT molecular complexity index is 1390. The fraction of sp³-hybridized carbons (Fsp3) is 0.462. The summed E-state index contributed by atoms with van der Waals surface area (Å²) in [6.07, 6.45) is 4.07. The van der Waals surface area contributed by atoms with Gasteiger partial charge in [0.2, 0.25) is 5.88 Å². The fourth-order valence-electron chi connectivity index (χ4n) is 4.26. The Hall–Kier alpha value is -3.98. The highest BCUT2D eigenvalue weighted by Gasteiger charge is 2.27. The van der Waals surface area contributed by atoms with E-state index in [0.29, 0.717) is 60.1 Å². The number of nitrogens with zero attached hydrogens (tertiary/aromatic N) is 7. The van der Waals surface area contributed by atoms with Crippen molar-refractivity contribution in [3.05, 3.63) is 46.7 Å². The number of likely N-dealkylation sites (tertiary alicyclic amines) is 1. The van der Waals surface area contributed by atoms with Crippen LogP contribution in [0.2, 0.25) is 0 Å². The predicted molar refractivity (Wildman–Crippen MR) is 146 cm³/mol. The first-order chi connectivity index (χ1) is 18.1. The minimum absolute atomic E-state index is 0.0209. The van der Waals surface area contributed by atoms with E-state index >= 15 is 0 Å². The molecule has 0 spiro atoms. The lowest BCUT2D eigenvalue weighted by molar-refractivity contribution is 0.0207. The van der Waals surface area contributed by atoms with Crippen molar-refractivity contribution in [1.82, 2.24) is 18.7 Å². The van der Waals surface area contributed by atoms with Gasteiger partial charge in [0, 0.05) is 41.9 Å². The molecule has 0 saturated carbocycles. The van der Waals surface area contributed by atoms with E-state index in [1.807, 2.05) is 40.0 Å². The van der Waals surface area contributed by atoms with Crippen molar-refractivity contribution in [2.75, 3.05) is 13.1 Å². The number of nitrogens with two attached hydrogens (primary N) is 1. The molecule has 0 aromatic carbocycles. The third-order valence-electron chi connectivity index (χ3n) is 6.14. The minimum atomic E-state index is -0.528. The molecule has 200 valence electrons. The summed E-state index contributed by atoms with van der Waals surface area (Å²) in [5.41, 5.74) is 3.12. The van der Waals surface area contributed by atoms with Gasteiger partial charge in [-0.15, -0.1) is 0 Å². The quantitative estimate of drug-likeness (QED) is 0.281. The van der Waals surface area contributed by atoms with Crippen molar-refractivity contribution in [2.24, 2.45) is 15.9 Å². The molecular formula is C26H32N8O3S. The van der Waals surface area contributed by atoms with E-state index < -0.39 is 5.60 Å². The Morgan fingerprint density at radius 2 is 2.03 bits per heavy atom. The summed E-state index contributed by atoms with van der Waals surface area (Å²) >= 11 is 1.35. The molecule has 1 saturated heterocycles. The van der Waals surface area contributed by atoms with Crippen molar-refractivity contribution >= 4 is 34.7 Å². The first kappa shape index (κ1) is 27.1. The second kappa shape index (κ2) is 11.2. The minimum Gasteiger partial charge on any atom is -0.471 e. The number of ether oxygens (including phenoxy) is 2. The van der Waals surface area contributed by atoms with Crippen molar-refractivity contribution in [2.45, 2.75) is 65.2 Å². The summed E-state index contributed by atoms with van der Waals surface area (Å²) in [5.74, 6) is 6.28. The number of rotatable bonds is 6. The number of carbonyl (C=O) groups is 1. The molecule has 0 bridgehead atoms. The summed E-state index contributed by atoms with van der Waals surface area (Å²) in [4.78, 5) is 23.4. The highest BCUT2D eigenvalue weighted by Crippen LogP contribution is 2.27. The third-order valence-corrected chi connectivity index (χ3v) is 6.75. The molecule has 0 radical (unpaired) electrons. The lowest BCUT2D eigenvalue weighted by Crippen LogP contribution is -2.42. The fourth-order valence-corrected chi connectivity index (χ4v) is 4.88. The number of nitriles is 1. The van der Waals surface area contributed by atoms with Crippen LogP contribution in [-0.2, 0) is 4.74 Å². The highest BCUT2D eigenvalue weighted by molar-refractivity contribution is 7.03. The maximum absolute atomic E-state index is 12.4. The zero-order valence-corrected chi connectivity index (χ0v) is 23.0. The van der Waals surface area contributed by atoms with Crippen LogP contribution < -0.4 is 10.6 Å². The van der Waals surface area contributed by atoms with Crippen LogP contribution >= 0.6 is 11.5 Å². The van der Waals surface area contributed by atoms with Gasteiger partial charge < -0.3 is 20.2 Å². The van der Waals surface area contributed by atoms with Crippen molar-refractivity contribution in [3.8, 4) is 11.9 Å². The normalized spacial score (nSPS) is 16.4. The lowest BCUT2D eigenvalue weighted by Gasteiger charge is -2.32. The number of carbonyl (C=O) groups excluding carboxylic acids is 1. The smallest absolute Gasteiger partial charge is 0.410 e. The number of amides is 1. The molecule has 2 N–H and O–H groups in total. The average Bonchev–Trinajstić information content (AvgIpc) is 3.54. The summed E-state index contributed by atoms with van der Waals surface area (Å²) < 4.78 is 17.6. The Morgan fingerprint density at radius 3 is 2.63 bits per heavy atom. The van der Waals surface area contributed by atoms with Crippen LogP contribution in [0.5, 0.6) is 5.88 Å². The number of aromatic nitrogens is 3. The van der Waals surface area contributed by atoms with Gasteiger partial charge in [0.15, 0.2) is 0 Å². The van der Waals surface area contributed by atoms with E-state index in [4.69, 9.17) is 20.3 Å². The molecular weight excluding hydrogens is 504 g/mol. The van der Waals surface area contributed by atoms with E-state index in [-0.39, 0.29) is 18.2 Å². The molecule has 1 unspecified atom stereocenters. The monoisotopic (exact) mass is 536 g/mol. The Kier molecular flexibility index (Phi) is 7.97. The molecule has 3 aromatic rings. The van der Waals surface area contributed by atoms with Crippen LogP contribution in [0.4, 0.5) is 4.79 Å². The van der Waals surface area contributed by atoms with Crippen molar-refractivity contribution < 1.29 is 14.3 Å². The average molecular weight is 537 g/mol. The van der Waals surface area contributed by atoms with Crippen LogP contribution in [0.15, 0.2) is 40.0 Å². The van der Waals surface area contributed by atoms with Gasteiger partial charge in [-0.3, -0.25) is 9.39 Å². The maximum atomic E-state index is 12.4. The molecule has 0 aliphatic carbocycles. The van der Waals surface area contributed by atoms with Gasteiger partial charge in [-0.1, -0.05) is 0 Å². The van der Waals surface area contributed by atoms with E-state index in [2.05, 4.69) is 20.5 Å². The maximum Gasteiger partial charge on any atom is 0.410 e. The largest absolute Gasteiger partial charge is 0.471 e. The SMILES string of the molecule is CC(=NC1CCN(C(=O)OC(C)(C)C)CC1)/C(=N\N)c1cc(OC(C)c2cnsc2)n2c(C#N)cnc2c1. The third kappa shape index (κ3) is 6.11. The van der Waals surface area contributed by atoms with Crippen molar-refractivity contribution in [1.29, 1.82) is 5.26 Å². The molecule has 4 rings (SSSR count). The summed E-state index contributed by atoms with van der Waals surface area (Å²) in [5, 5.41) is 15.6. The van der Waals surface area contributed by atoms with E-state index in [0.717, 1.165) is 5.56 Å². The van der Waals surface area contributed by atoms with Crippen LogP contribution in [0, 0.1) is 11.3 Å². The second-order valence-electron chi connectivity index (χ2n) is 10.1. The van der Waals surface area contributed by atoms with Crippen LogP contribution in [0.3, 0.4) is 0 Å². The van der Waals surface area contributed by atoms with Gasteiger partial charge in [-0.2, -0.15) is 10.4 Å². The summed E-state index contributed by atoms with van der Waals surface area (Å²) in [7, 11) is 0. The molecule has 1 atom stereocenters. The Labute approximate surface area is 225 Å². The molecule has 12 heteroatoms. The topological polar surface area (TPSA) is 143 Å². The first-order valence-corrected chi connectivity index (χ1v) is 13.2. The number of aliphatic imine (C=N–C) groups is 1. The van der Waals surface area contributed by atoms with Gasteiger partial charge in [0.1, 0.15) is 34.8 Å². The van der Waals surface area contributed by atoms with E-state index in [1.54, 1.807) is 27.6 Å². The standard InChI is InChI=1S/C26H32N8O3S/c1-16(31-20-6-8-33(9-7-20)25(35)37-26(3,4)5)24(32-28)18-10-22-29-14-21(12-27)34(22)23(11-18)36-17(2)19-13-30-38-15-19/h10-11,13-15,17,20H,6-9,28H2,1-5H3/b31-16?,32-24+. The molecule has 4 heterocycles. The van der Waals surface area contributed by atoms with Gasteiger partial charge in [-0.25, -0.2) is 14.2 Å². The number of fused-ring (bicyclic) bond motifs is 1. The number of hydrogen-bond acceptors (Lipinski definition) is 10. The van der Waals surface area contributed by atoms with E-state index in [1.165, 1.54) is 17.7 Å². The molecule has 3 aromatic heterocycles. The van der Waals surface area contributed by atoms with Gasteiger partial charge in [0.05, 0.1) is 18.0 Å². The highest BCUT2D eigenvalue weighted by atomic mass is 32.1. The number of pyridine rings is 1. The number of hydrogen-bond donors (Lipinski definition) is 1. The number of piperidine rings is 1. The van der Waals surface area contributed by atoms with Crippen LogP contribution in [0.25, 0.3) is 5.65 Å². The molecule has 38 heavy (non-hydrogen) atoms. The molecule has 1 amide bonds.